The maximum absolute atomic E-state index is 13.6. The molecule has 4 aliphatic rings. The Hall–Kier alpha value is -3.64. The number of rotatable bonds is 8. The van der Waals surface area contributed by atoms with Crippen molar-refractivity contribution in [1.82, 2.24) is 19.4 Å². The topological polar surface area (TPSA) is 50.6 Å². The number of amides is 1. The lowest BCUT2D eigenvalue weighted by atomic mass is 9.70. The van der Waals surface area contributed by atoms with E-state index < -0.39 is 0 Å². The summed E-state index contributed by atoms with van der Waals surface area (Å²) in [5, 5.41) is 0. The van der Waals surface area contributed by atoms with Crippen LogP contribution in [0.25, 0.3) is 11.0 Å². The number of imidazole rings is 1. The van der Waals surface area contributed by atoms with Gasteiger partial charge in [-0.3, -0.25) is 9.69 Å². The maximum atomic E-state index is 13.6. The Balaban J connectivity index is 0.935. The summed E-state index contributed by atoms with van der Waals surface area (Å²) in [7, 11) is 1.70. The lowest BCUT2D eigenvalue weighted by molar-refractivity contribution is -0.134. The Morgan fingerprint density at radius 1 is 0.867 bits per heavy atom. The molecular weight excluding hydrogens is 556 g/mol. The summed E-state index contributed by atoms with van der Waals surface area (Å²) in [5.41, 5.74) is 5.27. The van der Waals surface area contributed by atoms with Gasteiger partial charge in [0.2, 0.25) is 5.91 Å². The number of carbonyl (C=O) groups is 1. The van der Waals surface area contributed by atoms with Crippen molar-refractivity contribution >= 4 is 16.9 Å². The van der Waals surface area contributed by atoms with Crippen molar-refractivity contribution < 1.29 is 9.53 Å². The third-order valence-corrected chi connectivity index (χ3v) is 11.9. The molecule has 6 heteroatoms. The first-order chi connectivity index (χ1) is 22.0. The fourth-order valence-corrected chi connectivity index (χ4v) is 9.34. The van der Waals surface area contributed by atoms with Crippen molar-refractivity contribution in [2.75, 3.05) is 26.7 Å². The number of aryl methyl sites for hydroxylation is 1. The summed E-state index contributed by atoms with van der Waals surface area (Å²) in [6.07, 6.45) is 9.29. The first-order valence-electron chi connectivity index (χ1n) is 17.2. The highest BCUT2D eigenvalue weighted by atomic mass is 16.5. The Labute approximate surface area is 267 Å². The number of piperidine rings is 2. The van der Waals surface area contributed by atoms with E-state index in [0.29, 0.717) is 30.0 Å². The van der Waals surface area contributed by atoms with Gasteiger partial charge >= 0.3 is 0 Å². The molecule has 0 N–H and O–H groups in total. The monoisotopic (exact) mass is 602 g/mol. The van der Waals surface area contributed by atoms with E-state index in [1.165, 1.54) is 48.7 Å². The minimum absolute atomic E-state index is 0.129. The second-order valence-electron chi connectivity index (χ2n) is 14.2. The normalized spacial score (nSPS) is 27.5. The smallest absolute Gasteiger partial charge is 0.226 e. The van der Waals surface area contributed by atoms with Gasteiger partial charge in [-0.05, 0) is 112 Å². The number of ether oxygens (including phenoxy) is 1. The van der Waals surface area contributed by atoms with Crippen LogP contribution in [-0.4, -0.2) is 64.1 Å². The molecule has 1 amide bonds. The summed E-state index contributed by atoms with van der Waals surface area (Å²) in [6.45, 7) is 5.05. The molecule has 3 aromatic carbocycles. The summed E-state index contributed by atoms with van der Waals surface area (Å²) in [5.74, 6) is 2.87. The molecule has 1 aliphatic carbocycles. The van der Waals surface area contributed by atoms with E-state index in [1.807, 2.05) is 12.1 Å². The summed E-state index contributed by atoms with van der Waals surface area (Å²) >= 11 is 0. The number of aromatic nitrogens is 2. The van der Waals surface area contributed by atoms with Gasteiger partial charge < -0.3 is 14.2 Å². The molecule has 5 atom stereocenters. The predicted octanol–water partition coefficient (Wildman–Crippen LogP) is 7.28. The number of carbonyl (C=O) groups excluding carboxylic acids is 1. The quantitative estimate of drug-likeness (QED) is 0.213. The molecule has 6 nitrogen and oxygen atoms in total. The number of likely N-dealkylation sites (tertiary alicyclic amines) is 1. The largest absolute Gasteiger partial charge is 0.497 e. The molecular formula is C39H46N4O2. The lowest BCUT2D eigenvalue weighted by Crippen LogP contribution is -2.49. The van der Waals surface area contributed by atoms with E-state index in [0.717, 1.165) is 56.0 Å². The molecule has 3 aliphatic heterocycles. The average molecular weight is 603 g/mol. The van der Waals surface area contributed by atoms with Gasteiger partial charge in [0.15, 0.2) is 0 Å². The summed E-state index contributed by atoms with van der Waals surface area (Å²) in [4.78, 5) is 23.6. The SMILES string of the molecule is COc1ccc([C@@H]2C[C@H]2C(=O)N2CCC(CCN3[C@@H]4CC[C@H]3CC(n3c(C)nc5ccccc53)C4)(c3ccccc3)CC2)cc1. The Morgan fingerprint density at radius 2 is 1.56 bits per heavy atom. The van der Waals surface area contributed by atoms with Gasteiger partial charge in [-0.2, -0.15) is 0 Å². The lowest BCUT2D eigenvalue weighted by Gasteiger charge is -2.46. The number of para-hydroxylation sites is 2. The molecule has 45 heavy (non-hydrogen) atoms. The van der Waals surface area contributed by atoms with Crippen LogP contribution < -0.4 is 4.74 Å². The van der Waals surface area contributed by atoms with Gasteiger partial charge in [0, 0.05) is 37.1 Å². The number of benzene rings is 3. The molecule has 234 valence electrons. The zero-order valence-corrected chi connectivity index (χ0v) is 26.8. The standard InChI is InChI=1S/C39H46N4O2/c1-27-40-36-10-6-7-11-37(36)43(27)32-24-30-14-15-31(25-32)42(30)23-20-39(29-8-4-3-5-9-29)18-21-41(22-19-39)38(44)35-26-34(35)28-12-16-33(45-2)17-13-28/h3-13,16-17,30-32,34-35H,14-15,18-26H2,1-2H3/t30-,31+,32?,34-,35+/m0/s1. The number of fused-ring (bicyclic) bond motifs is 3. The zero-order chi connectivity index (χ0) is 30.5. The molecule has 1 aromatic heterocycles. The van der Waals surface area contributed by atoms with Crippen LogP contribution >= 0.6 is 0 Å². The number of hydrogen-bond acceptors (Lipinski definition) is 4. The highest BCUT2D eigenvalue weighted by Crippen LogP contribution is 2.50. The third kappa shape index (κ3) is 5.25. The Kier molecular flexibility index (Phi) is 7.44. The van der Waals surface area contributed by atoms with Crippen LogP contribution in [0.1, 0.15) is 80.3 Å². The second kappa shape index (κ2) is 11.6. The van der Waals surface area contributed by atoms with Crippen LogP contribution in [0, 0.1) is 12.8 Å². The van der Waals surface area contributed by atoms with Crippen molar-refractivity contribution in [2.24, 2.45) is 5.92 Å². The summed E-state index contributed by atoms with van der Waals surface area (Å²) < 4.78 is 7.86. The van der Waals surface area contributed by atoms with E-state index in [-0.39, 0.29) is 11.3 Å². The van der Waals surface area contributed by atoms with Crippen molar-refractivity contribution in [3.8, 4) is 5.75 Å². The summed E-state index contributed by atoms with van der Waals surface area (Å²) in [6, 6.07) is 30.0. The van der Waals surface area contributed by atoms with Crippen LogP contribution in [0.5, 0.6) is 5.75 Å². The van der Waals surface area contributed by atoms with Crippen molar-refractivity contribution in [1.29, 1.82) is 0 Å². The van der Waals surface area contributed by atoms with Crippen molar-refractivity contribution in [3.05, 3.63) is 95.8 Å². The van der Waals surface area contributed by atoms with Crippen LogP contribution in [0.2, 0.25) is 0 Å². The first-order valence-corrected chi connectivity index (χ1v) is 17.2. The number of methoxy groups -OCH3 is 1. The van der Waals surface area contributed by atoms with E-state index >= 15 is 0 Å². The first kappa shape index (κ1) is 28.8. The zero-order valence-electron chi connectivity index (χ0n) is 26.8. The molecule has 4 fully saturated rings. The molecule has 2 bridgehead atoms. The van der Waals surface area contributed by atoms with Crippen LogP contribution in [0.4, 0.5) is 0 Å². The minimum Gasteiger partial charge on any atom is -0.497 e. The molecule has 0 spiro atoms. The van der Waals surface area contributed by atoms with Gasteiger partial charge in [0.1, 0.15) is 11.6 Å². The maximum Gasteiger partial charge on any atom is 0.226 e. The van der Waals surface area contributed by atoms with Gasteiger partial charge in [0.25, 0.3) is 0 Å². The Morgan fingerprint density at radius 3 is 2.27 bits per heavy atom. The van der Waals surface area contributed by atoms with Crippen molar-refractivity contribution in [3.63, 3.8) is 0 Å². The molecule has 1 saturated carbocycles. The minimum atomic E-state index is 0.129. The van der Waals surface area contributed by atoms with Crippen molar-refractivity contribution in [2.45, 2.75) is 87.7 Å². The van der Waals surface area contributed by atoms with Gasteiger partial charge in [-0.15, -0.1) is 0 Å². The third-order valence-electron chi connectivity index (χ3n) is 11.9. The molecule has 1 unspecified atom stereocenters. The highest BCUT2D eigenvalue weighted by Gasteiger charge is 2.48. The second-order valence-corrected chi connectivity index (χ2v) is 14.2. The molecule has 3 saturated heterocycles. The van der Waals surface area contributed by atoms with Crippen LogP contribution in [-0.2, 0) is 10.2 Å². The average Bonchev–Trinajstić information content (AvgIpc) is 3.76. The fraction of sp³-hybridized carbons (Fsp3) is 0.487. The van der Waals surface area contributed by atoms with E-state index in [1.54, 1.807) is 7.11 Å². The van der Waals surface area contributed by atoms with Gasteiger partial charge in [-0.1, -0.05) is 54.6 Å². The molecule has 8 rings (SSSR count). The highest BCUT2D eigenvalue weighted by molar-refractivity contribution is 5.83. The Bertz CT molecular complexity index is 1640. The predicted molar refractivity (Wildman–Crippen MR) is 179 cm³/mol. The molecule has 4 aromatic rings. The molecule has 4 heterocycles. The fourth-order valence-electron chi connectivity index (χ4n) is 9.34. The number of nitrogens with zero attached hydrogens (tertiary/aromatic N) is 4. The number of hydrogen-bond donors (Lipinski definition) is 0. The van der Waals surface area contributed by atoms with Crippen LogP contribution in [0.15, 0.2) is 78.9 Å². The van der Waals surface area contributed by atoms with E-state index in [4.69, 9.17) is 9.72 Å². The van der Waals surface area contributed by atoms with Gasteiger partial charge in [0.05, 0.1) is 18.1 Å². The van der Waals surface area contributed by atoms with Crippen LogP contribution in [0.3, 0.4) is 0 Å². The molecule has 0 radical (unpaired) electrons. The van der Waals surface area contributed by atoms with Gasteiger partial charge in [-0.25, -0.2) is 4.98 Å². The van der Waals surface area contributed by atoms with E-state index in [9.17, 15) is 4.79 Å². The van der Waals surface area contributed by atoms with E-state index in [2.05, 4.69) is 88.0 Å².